The second-order valence-electron chi connectivity index (χ2n) is 6.13. The minimum atomic E-state index is -0.132. The summed E-state index contributed by atoms with van der Waals surface area (Å²) in [4.78, 5) is 31.2. The number of hydrogen-bond donors (Lipinski definition) is 3. The van der Waals surface area contributed by atoms with E-state index in [1.54, 1.807) is 6.07 Å². The van der Waals surface area contributed by atoms with Gasteiger partial charge in [0.2, 0.25) is 5.91 Å². The molecule has 0 radical (unpaired) electrons. The number of nitrogens with zero attached hydrogens (tertiary/aromatic N) is 1. The Balaban J connectivity index is 0.00000208. The average Bonchev–Trinajstić information content (AvgIpc) is 3.37. The summed E-state index contributed by atoms with van der Waals surface area (Å²) in [7, 11) is 0. The molecule has 1 unspecified atom stereocenters. The molecule has 1 aromatic carbocycles. The Bertz CT molecular complexity index is 758. The van der Waals surface area contributed by atoms with E-state index in [-0.39, 0.29) is 29.9 Å². The van der Waals surface area contributed by atoms with Crippen LogP contribution >= 0.6 is 12.4 Å². The van der Waals surface area contributed by atoms with Crippen LogP contribution in [-0.2, 0) is 11.2 Å². The standard InChI is InChI=1S/C17H22N4O2.ClH/c18-10-14(11-8-9-11)20-16(22)7-3-6-15-19-13-5-2-1-4-12(13)17(23)21-15;/h1-2,4-5,11,14H,3,6-10,18H2,(H,20,22)(H,19,21,23);1H. The fraction of sp³-hybridized carbons (Fsp3) is 0.471. The molecule has 4 N–H and O–H groups in total. The first-order valence-electron chi connectivity index (χ1n) is 8.14. The van der Waals surface area contributed by atoms with Crippen molar-refractivity contribution in [3.63, 3.8) is 0 Å². The Morgan fingerprint density at radius 1 is 1.38 bits per heavy atom. The highest BCUT2D eigenvalue weighted by molar-refractivity contribution is 5.85. The number of para-hydroxylation sites is 1. The van der Waals surface area contributed by atoms with Crippen LogP contribution in [0.15, 0.2) is 29.1 Å². The van der Waals surface area contributed by atoms with E-state index >= 15 is 0 Å². The number of halogens is 1. The number of H-pyrrole nitrogens is 1. The molecule has 1 atom stereocenters. The number of nitrogens with two attached hydrogens (primary N) is 1. The Morgan fingerprint density at radius 2 is 2.12 bits per heavy atom. The van der Waals surface area contributed by atoms with E-state index in [2.05, 4.69) is 15.3 Å². The van der Waals surface area contributed by atoms with Crippen LogP contribution in [0.25, 0.3) is 10.9 Å². The van der Waals surface area contributed by atoms with Gasteiger partial charge in [-0.05, 0) is 37.3 Å². The predicted molar refractivity (Wildman–Crippen MR) is 96.3 cm³/mol. The van der Waals surface area contributed by atoms with Gasteiger partial charge < -0.3 is 16.0 Å². The Kier molecular flexibility index (Phi) is 6.34. The van der Waals surface area contributed by atoms with Crippen molar-refractivity contribution in [1.82, 2.24) is 15.3 Å². The maximum atomic E-state index is 12.0. The van der Waals surface area contributed by atoms with Gasteiger partial charge >= 0.3 is 0 Å². The zero-order valence-electron chi connectivity index (χ0n) is 13.5. The topological polar surface area (TPSA) is 101 Å². The lowest BCUT2D eigenvalue weighted by Gasteiger charge is -2.15. The highest BCUT2D eigenvalue weighted by atomic mass is 35.5. The summed E-state index contributed by atoms with van der Waals surface area (Å²) in [5.74, 6) is 1.21. The van der Waals surface area contributed by atoms with Gasteiger partial charge in [-0.15, -0.1) is 12.4 Å². The number of amides is 1. The molecule has 1 fully saturated rings. The summed E-state index contributed by atoms with van der Waals surface area (Å²) in [5, 5.41) is 3.59. The van der Waals surface area contributed by atoms with Crippen LogP contribution in [0.4, 0.5) is 0 Å². The summed E-state index contributed by atoms with van der Waals surface area (Å²) in [6.07, 6.45) is 3.95. The fourth-order valence-electron chi connectivity index (χ4n) is 2.82. The molecule has 130 valence electrons. The molecule has 7 heteroatoms. The molecular formula is C17H23ClN4O2. The molecule has 1 saturated carbocycles. The van der Waals surface area contributed by atoms with Gasteiger partial charge in [-0.25, -0.2) is 4.98 Å². The minimum absolute atomic E-state index is 0. The van der Waals surface area contributed by atoms with Crippen LogP contribution in [0.2, 0.25) is 0 Å². The van der Waals surface area contributed by atoms with Gasteiger partial charge in [-0.2, -0.15) is 0 Å². The summed E-state index contributed by atoms with van der Waals surface area (Å²) < 4.78 is 0. The zero-order chi connectivity index (χ0) is 16.2. The van der Waals surface area contributed by atoms with E-state index in [1.165, 1.54) is 0 Å². The first-order chi connectivity index (χ1) is 11.2. The monoisotopic (exact) mass is 350 g/mol. The number of aromatic amines is 1. The lowest BCUT2D eigenvalue weighted by Crippen LogP contribution is -2.41. The van der Waals surface area contributed by atoms with E-state index < -0.39 is 0 Å². The van der Waals surface area contributed by atoms with Gasteiger partial charge in [0.25, 0.3) is 5.56 Å². The predicted octanol–water partition coefficient (Wildman–Crippen LogP) is 1.52. The van der Waals surface area contributed by atoms with Gasteiger partial charge in [0, 0.05) is 25.4 Å². The third kappa shape index (κ3) is 4.55. The highest BCUT2D eigenvalue weighted by Gasteiger charge is 2.30. The van der Waals surface area contributed by atoms with Gasteiger partial charge in [-0.1, -0.05) is 12.1 Å². The Morgan fingerprint density at radius 3 is 2.83 bits per heavy atom. The van der Waals surface area contributed by atoms with Crippen molar-refractivity contribution >= 4 is 29.2 Å². The van der Waals surface area contributed by atoms with Crippen molar-refractivity contribution in [1.29, 1.82) is 0 Å². The second-order valence-corrected chi connectivity index (χ2v) is 6.13. The number of rotatable bonds is 7. The first kappa shape index (κ1) is 18.4. The van der Waals surface area contributed by atoms with Crippen LogP contribution in [0.3, 0.4) is 0 Å². The number of carbonyl (C=O) groups excluding carboxylic acids is 1. The number of aryl methyl sites for hydroxylation is 1. The summed E-state index contributed by atoms with van der Waals surface area (Å²) in [6.45, 7) is 0.496. The van der Waals surface area contributed by atoms with Gasteiger partial charge in [0.1, 0.15) is 5.82 Å². The number of aromatic nitrogens is 2. The molecular weight excluding hydrogens is 328 g/mol. The molecule has 0 bridgehead atoms. The molecule has 2 aromatic rings. The number of fused-ring (bicyclic) bond motifs is 1. The molecule has 3 rings (SSSR count). The normalized spacial score (nSPS) is 14.9. The molecule has 6 nitrogen and oxygen atoms in total. The van der Waals surface area contributed by atoms with Crippen molar-refractivity contribution in [2.75, 3.05) is 6.54 Å². The summed E-state index contributed by atoms with van der Waals surface area (Å²) >= 11 is 0. The van der Waals surface area contributed by atoms with Crippen molar-refractivity contribution in [2.24, 2.45) is 11.7 Å². The van der Waals surface area contributed by atoms with Gasteiger partial charge in [-0.3, -0.25) is 9.59 Å². The van der Waals surface area contributed by atoms with Crippen LogP contribution in [0, 0.1) is 5.92 Å². The van der Waals surface area contributed by atoms with Crippen LogP contribution in [0.1, 0.15) is 31.5 Å². The van der Waals surface area contributed by atoms with E-state index in [4.69, 9.17) is 5.73 Å². The molecule has 0 saturated heterocycles. The number of hydrogen-bond acceptors (Lipinski definition) is 4. The van der Waals surface area contributed by atoms with E-state index in [0.29, 0.717) is 48.5 Å². The third-order valence-electron chi connectivity index (χ3n) is 4.27. The number of nitrogens with one attached hydrogen (secondary N) is 2. The molecule has 1 heterocycles. The van der Waals surface area contributed by atoms with E-state index in [9.17, 15) is 9.59 Å². The van der Waals surface area contributed by atoms with Crippen molar-refractivity contribution < 1.29 is 4.79 Å². The van der Waals surface area contributed by atoms with Crippen LogP contribution in [0.5, 0.6) is 0 Å². The minimum Gasteiger partial charge on any atom is -0.352 e. The number of carbonyl (C=O) groups is 1. The smallest absolute Gasteiger partial charge is 0.258 e. The van der Waals surface area contributed by atoms with E-state index in [1.807, 2.05) is 18.2 Å². The van der Waals surface area contributed by atoms with Crippen LogP contribution in [-0.4, -0.2) is 28.5 Å². The van der Waals surface area contributed by atoms with Crippen LogP contribution < -0.4 is 16.6 Å². The van der Waals surface area contributed by atoms with Crippen molar-refractivity contribution in [2.45, 2.75) is 38.1 Å². The SMILES string of the molecule is Cl.NCC(NC(=O)CCCc1nc2ccccc2c(=O)[nH]1)C1CC1. The Hall–Kier alpha value is -1.92. The lowest BCUT2D eigenvalue weighted by atomic mass is 10.1. The number of benzene rings is 1. The zero-order valence-corrected chi connectivity index (χ0v) is 14.3. The average molecular weight is 351 g/mol. The van der Waals surface area contributed by atoms with Gasteiger partial charge in [0.15, 0.2) is 0 Å². The Labute approximate surface area is 146 Å². The van der Waals surface area contributed by atoms with Crippen molar-refractivity contribution in [3.8, 4) is 0 Å². The molecule has 1 aliphatic carbocycles. The quantitative estimate of drug-likeness (QED) is 0.704. The summed E-state index contributed by atoms with van der Waals surface area (Å²) in [6, 6.07) is 7.36. The highest BCUT2D eigenvalue weighted by Crippen LogP contribution is 2.32. The molecule has 0 aliphatic heterocycles. The summed E-state index contributed by atoms with van der Waals surface area (Å²) in [5.41, 5.74) is 6.24. The largest absolute Gasteiger partial charge is 0.352 e. The maximum absolute atomic E-state index is 12.0. The van der Waals surface area contributed by atoms with E-state index in [0.717, 1.165) is 12.8 Å². The molecule has 24 heavy (non-hydrogen) atoms. The van der Waals surface area contributed by atoms with Gasteiger partial charge in [0.05, 0.1) is 10.9 Å². The third-order valence-corrected chi connectivity index (χ3v) is 4.27. The van der Waals surface area contributed by atoms with Crippen molar-refractivity contribution in [3.05, 3.63) is 40.4 Å². The maximum Gasteiger partial charge on any atom is 0.258 e. The second kappa shape index (κ2) is 8.26. The molecule has 1 aromatic heterocycles. The molecule has 0 spiro atoms. The lowest BCUT2D eigenvalue weighted by molar-refractivity contribution is -0.122. The molecule has 1 amide bonds. The molecule has 1 aliphatic rings. The fourth-order valence-corrected chi connectivity index (χ4v) is 2.82. The first-order valence-corrected chi connectivity index (χ1v) is 8.14.